The van der Waals surface area contributed by atoms with Gasteiger partial charge in [-0.1, -0.05) is 41.4 Å². The van der Waals surface area contributed by atoms with Crippen LogP contribution in [0.4, 0.5) is 0 Å². The molecule has 1 N–H and O–H groups in total. The monoisotopic (exact) mass is 408 g/mol. The van der Waals surface area contributed by atoms with Crippen molar-refractivity contribution in [3.05, 3.63) is 63.6 Å². The van der Waals surface area contributed by atoms with Gasteiger partial charge in [0, 0.05) is 23.6 Å². The van der Waals surface area contributed by atoms with Crippen molar-refractivity contribution in [3.63, 3.8) is 0 Å². The van der Waals surface area contributed by atoms with Gasteiger partial charge in [-0.05, 0) is 42.3 Å². The molecule has 0 heterocycles. The molecule has 0 aliphatic carbocycles. The average molecular weight is 409 g/mol. The van der Waals surface area contributed by atoms with Crippen molar-refractivity contribution in [3.8, 4) is 5.75 Å². The summed E-state index contributed by atoms with van der Waals surface area (Å²) in [5.41, 5.74) is 1.55. The lowest BCUT2D eigenvalue weighted by molar-refractivity contribution is -0.139. The Bertz CT molecular complexity index is 809. The molecule has 5 nitrogen and oxygen atoms in total. The number of rotatable bonds is 7. The van der Waals surface area contributed by atoms with E-state index in [0.29, 0.717) is 22.2 Å². The largest absolute Gasteiger partial charge is 0.497 e. The van der Waals surface area contributed by atoms with Gasteiger partial charge in [0.15, 0.2) is 0 Å². The number of carbonyl (C=O) groups is 2. The van der Waals surface area contributed by atoms with Crippen molar-refractivity contribution >= 4 is 35.0 Å². The van der Waals surface area contributed by atoms with E-state index in [1.54, 1.807) is 39.3 Å². The summed E-state index contributed by atoms with van der Waals surface area (Å²) in [6, 6.07) is 11.7. The third-order valence-electron chi connectivity index (χ3n) is 4.28. The zero-order valence-corrected chi connectivity index (χ0v) is 17.0. The number of halogens is 2. The molecule has 0 aliphatic rings. The first-order valence-electron chi connectivity index (χ1n) is 8.43. The molecular weight excluding hydrogens is 387 g/mol. The van der Waals surface area contributed by atoms with E-state index in [9.17, 15) is 9.59 Å². The number of likely N-dealkylation sites (N-methyl/N-ethyl adjacent to an activating group) is 1. The Balaban J connectivity index is 2.24. The number of benzene rings is 2. The second-order valence-electron chi connectivity index (χ2n) is 6.07. The molecule has 0 aliphatic heterocycles. The second kappa shape index (κ2) is 9.62. The number of hydrogen-bond acceptors (Lipinski definition) is 3. The van der Waals surface area contributed by atoms with Gasteiger partial charge in [0.25, 0.3) is 0 Å². The van der Waals surface area contributed by atoms with E-state index in [2.05, 4.69) is 5.32 Å². The Hall–Kier alpha value is -2.24. The summed E-state index contributed by atoms with van der Waals surface area (Å²) < 4.78 is 5.16. The number of amides is 2. The van der Waals surface area contributed by atoms with Crippen LogP contribution in [0.15, 0.2) is 42.5 Å². The van der Waals surface area contributed by atoms with Gasteiger partial charge in [0.1, 0.15) is 11.8 Å². The maximum absolute atomic E-state index is 13.0. The molecule has 2 rings (SSSR count). The number of nitrogens with one attached hydrogen (secondary N) is 1. The van der Waals surface area contributed by atoms with Crippen molar-refractivity contribution in [2.24, 2.45) is 0 Å². The van der Waals surface area contributed by atoms with Gasteiger partial charge in [0.2, 0.25) is 11.8 Å². The molecule has 0 spiro atoms. The van der Waals surface area contributed by atoms with Gasteiger partial charge < -0.3 is 15.0 Å². The van der Waals surface area contributed by atoms with Gasteiger partial charge in [0.05, 0.1) is 13.5 Å². The Morgan fingerprint density at radius 2 is 1.81 bits per heavy atom. The summed E-state index contributed by atoms with van der Waals surface area (Å²) >= 11 is 12.1. The van der Waals surface area contributed by atoms with Crippen molar-refractivity contribution in [2.75, 3.05) is 14.2 Å². The number of ether oxygens (including phenoxy) is 1. The Morgan fingerprint density at radius 3 is 2.37 bits per heavy atom. The average Bonchev–Trinajstić information content (AvgIpc) is 2.67. The molecule has 0 unspecified atom stereocenters. The molecule has 1 atom stereocenters. The standard InChI is InChI=1S/C20H22Cl2N2O3/c1-13(20(26)23-2)24(12-14-4-8-17(27-3)9-5-14)19(25)10-15-6-7-16(21)11-18(15)22/h4-9,11,13H,10,12H2,1-3H3,(H,23,26)/t13-/m0/s1. The van der Waals surface area contributed by atoms with Gasteiger partial charge >= 0.3 is 0 Å². The molecule has 27 heavy (non-hydrogen) atoms. The van der Waals surface area contributed by atoms with E-state index in [1.807, 2.05) is 24.3 Å². The Morgan fingerprint density at radius 1 is 1.15 bits per heavy atom. The molecular formula is C20H22Cl2N2O3. The molecule has 144 valence electrons. The van der Waals surface area contributed by atoms with E-state index in [1.165, 1.54) is 4.90 Å². The SMILES string of the molecule is CNC(=O)[C@H](C)N(Cc1ccc(OC)cc1)C(=O)Cc1ccc(Cl)cc1Cl. The predicted molar refractivity (Wildman–Crippen MR) is 107 cm³/mol. The van der Waals surface area contributed by atoms with Gasteiger partial charge in [-0.3, -0.25) is 9.59 Å². The zero-order chi connectivity index (χ0) is 20.0. The summed E-state index contributed by atoms with van der Waals surface area (Å²) in [6.07, 6.45) is 0.0769. The van der Waals surface area contributed by atoms with Crippen molar-refractivity contribution in [2.45, 2.75) is 25.9 Å². The highest BCUT2D eigenvalue weighted by Crippen LogP contribution is 2.23. The molecule has 2 aromatic rings. The molecule has 2 aromatic carbocycles. The first kappa shape index (κ1) is 21.1. The third-order valence-corrected chi connectivity index (χ3v) is 4.87. The number of methoxy groups -OCH3 is 1. The quantitative estimate of drug-likeness (QED) is 0.759. The molecule has 7 heteroatoms. The van der Waals surface area contributed by atoms with Crippen LogP contribution in [0.2, 0.25) is 10.0 Å². The van der Waals surface area contributed by atoms with E-state index >= 15 is 0 Å². The highest BCUT2D eigenvalue weighted by Gasteiger charge is 2.26. The van der Waals surface area contributed by atoms with Crippen molar-refractivity contribution in [1.82, 2.24) is 10.2 Å². The van der Waals surface area contributed by atoms with E-state index in [4.69, 9.17) is 27.9 Å². The van der Waals surface area contributed by atoms with Crippen LogP contribution >= 0.6 is 23.2 Å². The minimum absolute atomic E-state index is 0.0769. The number of hydrogen-bond donors (Lipinski definition) is 1. The summed E-state index contributed by atoms with van der Waals surface area (Å²) in [6.45, 7) is 1.99. The van der Waals surface area contributed by atoms with Crippen LogP contribution in [0.5, 0.6) is 5.75 Å². The fourth-order valence-electron chi connectivity index (χ4n) is 2.65. The first-order chi connectivity index (χ1) is 12.8. The third kappa shape index (κ3) is 5.62. The lowest BCUT2D eigenvalue weighted by Gasteiger charge is -2.28. The second-order valence-corrected chi connectivity index (χ2v) is 6.92. The fourth-order valence-corrected chi connectivity index (χ4v) is 3.12. The lowest BCUT2D eigenvalue weighted by atomic mass is 10.1. The molecule has 0 bridgehead atoms. The molecule has 0 fully saturated rings. The zero-order valence-electron chi connectivity index (χ0n) is 15.5. The van der Waals surface area contributed by atoms with Crippen molar-refractivity contribution < 1.29 is 14.3 Å². The van der Waals surface area contributed by atoms with Gasteiger partial charge in [-0.15, -0.1) is 0 Å². The minimum atomic E-state index is -0.629. The Labute approximate surface area is 169 Å². The fraction of sp³-hybridized carbons (Fsp3) is 0.300. The minimum Gasteiger partial charge on any atom is -0.497 e. The highest BCUT2D eigenvalue weighted by molar-refractivity contribution is 6.35. The molecule has 0 saturated heterocycles. The van der Waals surface area contributed by atoms with Crippen LogP contribution in [-0.4, -0.2) is 36.9 Å². The number of carbonyl (C=O) groups excluding carboxylic acids is 2. The maximum atomic E-state index is 13.0. The topological polar surface area (TPSA) is 58.6 Å². The summed E-state index contributed by atoms with van der Waals surface area (Å²) in [5.74, 6) is 0.286. The van der Waals surface area contributed by atoms with E-state index < -0.39 is 6.04 Å². The molecule has 2 amide bonds. The van der Waals surface area contributed by atoms with Crippen molar-refractivity contribution in [1.29, 1.82) is 0 Å². The Kier molecular flexibility index (Phi) is 7.51. The summed E-state index contributed by atoms with van der Waals surface area (Å²) in [4.78, 5) is 26.6. The summed E-state index contributed by atoms with van der Waals surface area (Å²) in [7, 11) is 3.14. The summed E-state index contributed by atoms with van der Waals surface area (Å²) in [5, 5.41) is 3.52. The smallest absolute Gasteiger partial charge is 0.242 e. The van der Waals surface area contributed by atoms with Gasteiger partial charge in [-0.25, -0.2) is 0 Å². The maximum Gasteiger partial charge on any atom is 0.242 e. The van der Waals surface area contributed by atoms with Crippen LogP contribution in [0.3, 0.4) is 0 Å². The van der Waals surface area contributed by atoms with Gasteiger partial charge in [-0.2, -0.15) is 0 Å². The van der Waals surface area contributed by atoms with Crippen LogP contribution in [0.25, 0.3) is 0 Å². The normalized spacial score (nSPS) is 11.6. The highest BCUT2D eigenvalue weighted by atomic mass is 35.5. The van der Waals surface area contributed by atoms with Crippen LogP contribution < -0.4 is 10.1 Å². The van der Waals surface area contributed by atoms with Crippen LogP contribution in [0, 0.1) is 0 Å². The number of nitrogens with zero attached hydrogens (tertiary/aromatic N) is 1. The molecule has 0 aromatic heterocycles. The molecule has 0 saturated carbocycles. The van der Waals surface area contributed by atoms with Crippen LogP contribution in [0.1, 0.15) is 18.1 Å². The van der Waals surface area contributed by atoms with E-state index in [-0.39, 0.29) is 18.2 Å². The predicted octanol–water partition coefficient (Wildman–Crippen LogP) is 3.71. The van der Waals surface area contributed by atoms with E-state index in [0.717, 1.165) is 11.3 Å². The lowest BCUT2D eigenvalue weighted by Crippen LogP contribution is -2.47. The first-order valence-corrected chi connectivity index (χ1v) is 9.19. The molecule has 0 radical (unpaired) electrons. The van der Waals surface area contributed by atoms with Crippen LogP contribution in [-0.2, 0) is 22.6 Å².